The monoisotopic (exact) mass is 240 g/mol. The molecule has 0 aromatic heterocycles. The molecule has 0 atom stereocenters. The number of hydrogen-bond donors (Lipinski definition) is 2. The van der Waals surface area contributed by atoms with E-state index in [0.29, 0.717) is 11.1 Å². The Bertz CT molecular complexity index is 581. The molecule has 0 fully saturated rings. The highest BCUT2D eigenvalue weighted by atomic mass is 16.3. The minimum absolute atomic E-state index is 0.175. The Balaban J connectivity index is 2.28. The molecule has 2 aromatic carbocycles. The van der Waals surface area contributed by atoms with Crippen molar-refractivity contribution < 1.29 is 10.2 Å². The van der Waals surface area contributed by atoms with Crippen molar-refractivity contribution in [3.8, 4) is 11.5 Å². The summed E-state index contributed by atoms with van der Waals surface area (Å²) in [6.45, 7) is 3.79. The number of phenols is 2. The molecule has 0 bridgehead atoms. The van der Waals surface area contributed by atoms with Gasteiger partial charge in [0.2, 0.25) is 0 Å². The molecule has 0 saturated heterocycles. The molecular weight excluding hydrogens is 224 g/mol. The van der Waals surface area contributed by atoms with Crippen LogP contribution in [-0.2, 0) is 0 Å². The van der Waals surface area contributed by atoms with E-state index in [0.717, 1.165) is 5.56 Å². The second kappa shape index (κ2) is 4.96. The van der Waals surface area contributed by atoms with Gasteiger partial charge in [0.1, 0.15) is 11.5 Å². The zero-order chi connectivity index (χ0) is 13.1. The predicted molar refractivity (Wildman–Crippen MR) is 74.6 cm³/mol. The van der Waals surface area contributed by atoms with Crippen molar-refractivity contribution in [1.29, 1.82) is 0 Å². The topological polar surface area (TPSA) is 40.5 Å². The third-order valence-corrected chi connectivity index (χ3v) is 2.88. The van der Waals surface area contributed by atoms with Crippen molar-refractivity contribution in [1.82, 2.24) is 0 Å². The van der Waals surface area contributed by atoms with Gasteiger partial charge in [-0.2, -0.15) is 0 Å². The van der Waals surface area contributed by atoms with Crippen molar-refractivity contribution in [3.05, 3.63) is 58.7 Å². The second-order valence-corrected chi connectivity index (χ2v) is 4.44. The lowest BCUT2D eigenvalue weighted by molar-refractivity contribution is 0.456. The molecule has 2 heteroatoms. The number of aromatic hydroxyl groups is 2. The fraction of sp³-hybridized carbons (Fsp3) is 0.125. The average Bonchev–Trinajstić information content (AvgIpc) is 2.34. The van der Waals surface area contributed by atoms with Gasteiger partial charge in [-0.1, -0.05) is 42.0 Å². The van der Waals surface area contributed by atoms with Gasteiger partial charge in [-0.3, -0.25) is 0 Å². The minimum Gasteiger partial charge on any atom is -0.508 e. The third kappa shape index (κ3) is 2.72. The SMILES string of the molecule is Cc1ccc(/C=C/c2cc(O)c(C)cc2O)cc1. The van der Waals surface area contributed by atoms with Gasteiger partial charge in [0.15, 0.2) is 0 Å². The van der Waals surface area contributed by atoms with Crippen LogP contribution in [0.25, 0.3) is 12.2 Å². The van der Waals surface area contributed by atoms with E-state index in [4.69, 9.17) is 0 Å². The fourth-order valence-electron chi connectivity index (χ4n) is 1.69. The van der Waals surface area contributed by atoms with Crippen LogP contribution in [0.1, 0.15) is 22.3 Å². The van der Waals surface area contributed by atoms with Gasteiger partial charge in [0.05, 0.1) is 0 Å². The van der Waals surface area contributed by atoms with Gasteiger partial charge < -0.3 is 10.2 Å². The van der Waals surface area contributed by atoms with Crippen molar-refractivity contribution in [2.75, 3.05) is 0 Å². The molecule has 0 aliphatic heterocycles. The molecule has 2 rings (SSSR count). The number of benzene rings is 2. The van der Waals surface area contributed by atoms with Crippen LogP contribution in [0.5, 0.6) is 11.5 Å². The van der Waals surface area contributed by atoms with E-state index in [2.05, 4.69) is 0 Å². The maximum atomic E-state index is 9.78. The maximum Gasteiger partial charge on any atom is 0.123 e. The Morgan fingerprint density at radius 2 is 1.50 bits per heavy atom. The lowest BCUT2D eigenvalue weighted by atomic mass is 10.1. The van der Waals surface area contributed by atoms with Gasteiger partial charge in [-0.25, -0.2) is 0 Å². The molecule has 0 aliphatic rings. The maximum absolute atomic E-state index is 9.78. The lowest BCUT2D eigenvalue weighted by Gasteiger charge is -2.03. The quantitative estimate of drug-likeness (QED) is 0.617. The van der Waals surface area contributed by atoms with Crippen molar-refractivity contribution in [2.45, 2.75) is 13.8 Å². The van der Waals surface area contributed by atoms with Crippen molar-refractivity contribution in [3.63, 3.8) is 0 Å². The summed E-state index contributed by atoms with van der Waals surface area (Å²) in [6.07, 6.45) is 3.70. The molecule has 0 amide bonds. The van der Waals surface area contributed by atoms with E-state index >= 15 is 0 Å². The first kappa shape index (κ1) is 12.2. The Labute approximate surface area is 107 Å². The number of phenolic OH excluding ortho intramolecular Hbond substituents is 2. The van der Waals surface area contributed by atoms with Gasteiger partial charge in [-0.15, -0.1) is 0 Å². The Morgan fingerprint density at radius 3 is 2.17 bits per heavy atom. The standard InChI is InChI=1S/C16H16O2/c1-11-3-5-13(6-4-11)7-8-14-10-15(17)12(2)9-16(14)18/h3-10,17-18H,1-2H3/b8-7+. The lowest BCUT2D eigenvalue weighted by Crippen LogP contribution is -1.80. The largest absolute Gasteiger partial charge is 0.508 e. The summed E-state index contributed by atoms with van der Waals surface area (Å²) in [5.41, 5.74) is 3.54. The van der Waals surface area contributed by atoms with Gasteiger partial charge in [0.25, 0.3) is 0 Å². The number of aryl methyl sites for hydroxylation is 2. The predicted octanol–water partition coefficient (Wildman–Crippen LogP) is 3.89. The molecule has 0 heterocycles. The summed E-state index contributed by atoms with van der Waals surface area (Å²) in [5, 5.41) is 19.4. The minimum atomic E-state index is 0.175. The molecule has 18 heavy (non-hydrogen) atoms. The van der Waals surface area contributed by atoms with E-state index in [1.807, 2.05) is 37.3 Å². The fourth-order valence-corrected chi connectivity index (χ4v) is 1.69. The highest BCUT2D eigenvalue weighted by molar-refractivity contribution is 5.73. The second-order valence-electron chi connectivity index (χ2n) is 4.44. The molecule has 2 aromatic rings. The van der Waals surface area contributed by atoms with Gasteiger partial charge in [0, 0.05) is 5.56 Å². The number of rotatable bonds is 2. The molecule has 0 radical (unpaired) electrons. The van der Waals surface area contributed by atoms with Crippen LogP contribution in [0.2, 0.25) is 0 Å². The summed E-state index contributed by atoms with van der Waals surface area (Å²) in [4.78, 5) is 0. The van der Waals surface area contributed by atoms with Gasteiger partial charge >= 0.3 is 0 Å². The van der Waals surface area contributed by atoms with Crippen LogP contribution < -0.4 is 0 Å². The first-order valence-electron chi connectivity index (χ1n) is 5.83. The van der Waals surface area contributed by atoms with Crippen LogP contribution in [0.3, 0.4) is 0 Å². The normalized spacial score (nSPS) is 11.0. The highest BCUT2D eigenvalue weighted by Gasteiger charge is 2.02. The van der Waals surface area contributed by atoms with E-state index in [1.165, 1.54) is 5.56 Å². The average molecular weight is 240 g/mol. The van der Waals surface area contributed by atoms with Crippen LogP contribution in [-0.4, -0.2) is 10.2 Å². The Morgan fingerprint density at radius 1 is 0.833 bits per heavy atom. The van der Waals surface area contributed by atoms with E-state index < -0.39 is 0 Å². The number of hydrogen-bond acceptors (Lipinski definition) is 2. The van der Waals surface area contributed by atoms with Crippen LogP contribution in [0.15, 0.2) is 36.4 Å². The Hall–Kier alpha value is -2.22. The molecule has 0 spiro atoms. The van der Waals surface area contributed by atoms with Crippen LogP contribution >= 0.6 is 0 Å². The summed E-state index contributed by atoms with van der Waals surface area (Å²) in [6, 6.07) is 11.2. The summed E-state index contributed by atoms with van der Waals surface area (Å²) in [7, 11) is 0. The molecule has 0 saturated carbocycles. The zero-order valence-electron chi connectivity index (χ0n) is 10.5. The molecule has 0 aliphatic carbocycles. The van der Waals surface area contributed by atoms with E-state index in [-0.39, 0.29) is 11.5 Å². The van der Waals surface area contributed by atoms with Crippen LogP contribution in [0, 0.1) is 13.8 Å². The van der Waals surface area contributed by atoms with Gasteiger partial charge in [-0.05, 0) is 37.1 Å². The molecular formula is C16H16O2. The zero-order valence-corrected chi connectivity index (χ0v) is 10.5. The molecule has 2 nitrogen and oxygen atoms in total. The van der Waals surface area contributed by atoms with Crippen LogP contribution in [0.4, 0.5) is 0 Å². The third-order valence-electron chi connectivity index (χ3n) is 2.88. The highest BCUT2D eigenvalue weighted by Crippen LogP contribution is 2.27. The van der Waals surface area contributed by atoms with Crippen molar-refractivity contribution >= 4 is 12.2 Å². The molecule has 92 valence electrons. The Kier molecular flexibility index (Phi) is 3.38. The van der Waals surface area contributed by atoms with Crippen molar-refractivity contribution in [2.24, 2.45) is 0 Å². The van der Waals surface area contributed by atoms with E-state index in [1.54, 1.807) is 25.1 Å². The molecule has 2 N–H and O–H groups in total. The smallest absolute Gasteiger partial charge is 0.123 e. The van der Waals surface area contributed by atoms with E-state index in [9.17, 15) is 10.2 Å². The summed E-state index contributed by atoms with van der Waals surface area (Å²) in [5.74, 6) is 0.366. The summed E-state index contributed by atoms with van der Waals surface area (Å²) >= 11 is 0. The summed E-state index contributed by atoms with van der Waals surface area (Å²) < 4.78 is 0. The first-order valence-corrected chi connectivity index (χ1v) is 5.83. The first-order chi connectivity index (χ1) is 8.56. The molecule has 0 unspecified atom stereocenters.